The summed E-state index contributed by atoms with van der Waals surface area (Å²) in [6.45, 7) is 2.52. The maximum Gasteiger partial charge on any atom is 0.226 e. The van der Waals surface area contributed by atoms with Crippen molar-refractivity contribution in [3.05, 3.63) is 18.2 Å². The van der Waals surface area contributed by atoms with Gasteiger partial charge in [-0.3, -0.25) is 4.79 Å². The first-order chi connectivity index (χ1) is 11.3. The van der Waals surface area contributed by atoms with Gasteiger partial charge < -0.3 is 14.8 Å². The number of amides is 1. The molecule has 1 N–H and O–H groups in total. The van der Waals surface area contributed by atoms with Crippen LogP contribution < -0.4 is 5.32 Å². The molecule has 0 spiro atoms. The van der Waals surface area contributed by atoms with Crippen molar-refractivity contribution in [3.63, 3.8) is 0 Å². The number of carbonyl (C=O) groups excluding carboxylic acids is 1. The summed E-state index contributed by atoms with van der Waals surface area (Å²) in [5.41, 5.74) is 0. The second kappa shape index (κ2) is 7.44. The third kappa shape index (κ3) is 3.33. The van der Waals surface area contributed by atoms with Gasteiger partial charge in [-0.15, -0.1) is 12.4 Å². The summed E-state index contributed by atoms with van der Waals surface area (Å²) in [7, 11) is 2.02. The SMILES string of the molecule is Cl.Cn1ccnc1C1CNCCN1C(=O)C1CC1C1CCCCC1. The Kier molecular flexibility index (Phi) is 5.50. The fourth-order valence-corrected chi connectivity index (χ4v) is 4.69. The van der Waals surface area contributed by atoms with Crippen LogP contribution in [0, 0.1) is 17.8 Å². The van der Waals surface area contributed by atoms with Crippen molar-refractivity contribution in [1.29, 1.82) is 0 Å². The zero-order valence-corrected chi connectivity index (χ0v) is 15.3. The van der Waals surface area contributed by atoms with Crippen LogP contribution in [-0.2, 0) is 11.8 Å². The molecule has 5 nitrogen and oxygen atoms in total. The van der Waals surface area contributed by atoms with Crippen LogP contribution in [0.2, 0.25) is 0 Å². The summed E-state index contributed by atoms with van der Waals surface area (Å²) in [6, 6.07) is 0.0869. The highest BCUT2D eigenvalue weighted by atomic mass is 35.5. The van der Waals surface area contributed by atoms with Gasteiger partial charge >= 0.3 is 0 Å². The van der Waals surface area contributed by atoms with E-state index in [0.29, 0.717) is 17.7 Å². The third-order valence-corrected chi connectivity index (χ3v) is 6.10. The fraction of sp³-hybridized carbons (Fsp3) is 0.778. The van der Waals surface area contributed by atoms with Crippen LogP contribution in [0.4, 0.5) is 0 Å². The lowest BCUT2D eigenvalue weighted by Crippen LogP contribution is -2.50. The van der Waals surface area contributed by atoms with Crippen LogP contribution in [0.5, 0.6) is 0 Å². The molecule has 0 radical (unpaired) electrons. The van der Waals surface area contributed by atoms with E-state index in [1.54, 1.807) is 0 Å². The largest absolute Gasteiger partial charge is 0.336 e. The molecule has 1 aromatic heterocycles. The standard InChI is InChI=1S/C18H28N4O.ClH/c1-21-9-8-20-17(21)16-12-19-7-10-22(16)18(23)15-11-14(15)13-5-3-2-4-6-13;/h8-9,13-16,19H,2-7,10-12H2,1H3;1H. The van der Waals surface area contributed by atoms with Gasteiger partial charge in [0.15, 0.2) is 0 Å². The molecule has 0 aromatic carbocycles. The summed E-state index contributed by atoms with van der Waals surface area (Å²) < 4.78 is 2.05. The van der Waals surface area contributed by atoms with Crippen molar-refractivity contribution in [2.75, 3.05) is 19.6 Å². The van der Waals surface area contributed by atoms with Gasteiger partial charge in [-0.1, -0.05) is 32.1 Å². The van der Waals surface area contributed by atoms with Gasteiger partial charge in [0.05, 0.1) is 0 Å². The van der Waals surface area contributed by atoms with Crippen LogP contribution in [0.1, 0.15) is 50.4 Å². The van der Waals surface area contributed by atoms with Gasteiger partial charge in [0.2, 0.25) is 5.91 Å². The number of imidazole rings is 1. The minimum absolute atomic E-state index is 0. The molecule has 3 fully saturated rings. The Labute approximate surface area is 150 Å². The molecule has 2 saturated carbocycles. The Hall–Kier alpha value is -1.07. The maximum atomic E-state index is 13.1. The van der Waals surface area contributed by atoms with Gasteiger partial charge in [-0.2, -0.15) is 0 Å². The number of hydrogen-bond acceptors (Lipinski definition) is 3. The Morgan fingerprint density at radius 2 is 2.08 bits per heavy atom. The van der Waals surface area contributed by atoms with Crippen molar-refractivity contribution >= 4 is 18.3 Å². The lowest BCUT2D eigenvalue weighted by molar-refractivity contribution is -0.136. The molecule has 3 atom stereocenters. The predicted octanol–water partition coefficient (Wildman–Crippen LogP) is 2.53. The van der Waals surface area contributed by atoms with Crippen LogP contribution in [0.25, 0.3) is 0 Å². The number of aryl methyl sites for hydroxylation is 1. The highest BCUT2D eigenvalue weighted by Gasteiger charge is 2.50. The van der Waals surface area contributed by atoms with Crippen molar-refractivity contribution in [2.45, 2.75) is 44.6 Å². The minimum atomic E-state index is 0. The van der Waals surface area contributed by atoms with Crippen molar-refractivity contribution in [1.82, 2.24) is 19.8 Å². The molecule has 1 saturated heterocycles. The normalized spacial score (nSPS) is 30.7. The number of rotatable bonds is 3. The highest BCUT2D eigenvalue weighted by molar-refractivity contribution is 5.85. The summed E-state index contributed by atoms with van der Waals surface area (Å²) in [5, 5.41) is 3.42. The van der Waals surface area contributed by atoms with Gasteiger partial charge in [-0.05, 0) is 18.3 Å². The molecule has 3 aliphatic rings. The summed E-state index contributed by atoms with van der Waals surface area (Å²) >= 11 is 0. The monoisotopic (exact) mass is 352 g/mol. The number of carbonyl (C=O) groups is 1. The molecule has 2 heterocycles. The Bertz CT molecular complexity index is 569. The van der Waals surface area contributed by atoms with Crippen LogP contribution in [0.15, 0.2) is 12.4 Å². The average Bonchev–Trinajstić information content (AvgIpc) is 3.29. The number of nitrogens with one attached hydrogen (secondary N) is 1. The zero-order chi connectivity index (χ0) is 15.8. The second-order valence-electron chi connectivity index (χ2n) is 7.55. The predicted molar refractivity (Wildman–Crippen MR) is 96.0 cm³/mol. The first kappa shape index (κ1) is 17.7. The van der Waals surface area contributed by atoms with E-state index in [2.05, 4.69) is 15.2 Å². The Morgan fingerprint density at radius 1 is 1.29 bits per heavy atom. The van der Waals surface area contributed by atoms with Crippen LogP contribution >= 0.6 is 12.4 Å². The molecule has 134 valence electrons. The van der Waals surface area contributed by atoms with E-state index in [9.17, 15) is 4.79 Å². The molecular weight excluding hydrogens is 324 g/mol. The Balaban J connectivity index is 0.00000169. The summed E-state index contributed by atoms with van der Waals surface area (Å²) in [6.07, 6.45) is 11.7. The molecule has 1 amide bonds. The molecular formula is C18H29ClN4O. The molecule has 6 heteroatoms. The summed E-state index contributed by atoms with van der Waals surface area (Å²) in [4.78, 5) is 19.7. The Morgan fingerprint density at radius 3 is 2.79 bits per heavy atom. The maximum absolute atomic E-state index is 13.1. The smallest absolute Gasteiger partial charge is 0.226 e. The molecule has 4 rings (SSSR count). The van der Waals surface area contributed by atoms with Crippen LogP contribution in [-0.4, -0.2) is 40.0 Å². The number of piperazine rings is 1. The lowest BCUT2D eigenvalue weighted by Gasteiger charge is -2.36. The first-order valence-electron chi connectivity index (χ1n) is 9.24. The molecule has 24 heavy (non-hydrogen) atoms. The number of nitrogens with zero attached hydrogens (tertiary/aromatic N) is 3. The zero-order valence-electron chi connectivity index (χ0n) is 14.5. The molecule has 1 aromatic rings. The number of aromatic nitrogens is 2. The van der Waals surface area contributed by atoms with Crippen molar-refractivity contribution in [2.24, 2.45) is 24.8 Å². The lowest BCUT2D eigenvalue weighted by atomic mass is 9.85. The quantitative estimate of drug-likeness (QED) is 0.909. The van der Waals surface area contributed by atoms with E-state index in [1.807, 2.05) is 24.0 Å². The average molecular weight is 353 g/mol. The fourth-order valence-electron chi connectivity index (χ4n) is 4.69. The molecule has 0 bridgehead atoms. The van der Waals surface area contributed by atoms with E-state index in [0.717, 1.165) is 37.8 Å². The van der Waals surface area contributed by atoms with E-state index in [-0.39, 0.29) is 18.4 Å². The van der Waals surface area contributed by atoms with Crippen molar-refractivity contribution < 1.29 is 4.79 Å². The van der Waals surface area contributed by atoms with Gasteiger partial charge in [-0.25, -0.2) is 4.98 Å². The highest BCUT2D eigenvalue weighted by Crippen LogP contribution is 2.50. The second-order valence-corrected chi connectivity index (χ2v) is 7.55. The molecule has 2 aliphatic carbocycles. The first-order valence-corrected chi connectivity index (χ1v) is 9.24. The van der Waals surface area contributed by atoms with E-state index < -0.39 is 0 Å². The van der Waals surface area contributed by atoms with Crippen LogP contribution in [0.3, 0.4) is 0 Å². The van der Waals surface area contributed by atoms with Crippen molar-refractivity contribution in [3.8, 4) is 0 Å². The van der Waals surface area contributed by atoms with Gasteiger partial charge in [0.1, 0.15) is 11.9 Å². The molecule has 3 unspecified atom stereocenters. The van der Waals surface area contributed by atoms with E-state index in [4.69, 9.17) is 0 Å². The third-order valence-electron chi connectivity index (χ3n) is 6.10. The summed E-state index contributed by atoms with van der Waals surface area (Å²) in [5.74, 6) is 3.15. The van der Waals surface area contributed by atoms with E-state index >= 15 is 0 Å². The topological polar surface area (TPSA) is 50.2 Å². The number of halogens is 1. The minimum Gasteiger partial charge on any atom is -0.336 e. The van der Waals surface area contributed by atoms with Gasteiger partial charge in [0, 0.05) is 45.0 Å². The number of hydrogen-bond donors (Lipinski definition) is 1. The molecule has 1 aliphatic heterocycles. The van der Waals surface area contributed by atoms with E-state index in [1.165, 1.54) is 32.1 Å². The van der Waals surface area contributed by atoms with Gasteiger partial charge in [0.25, 0.3) is 0 Å².